The van der Waals surface area contributed by atoms with E-state index in [1.165, 1.54) is 103 Å². The molecule has 2 aliphatic heterocycles. The number of rotatable bonds is 40. The van der Waals surface area contributed by atoms with Crippen molar-refractivity contribution >= 4 is 11.9 Å². The standard InChI is InChI=1S/C50H92O15/c1-3-5-7-9-11-13-15-17-18-19-21-23-25-27-29-31-33-42(53)63-38(35-60-41(52)32-30-28-26-24-22-20-16-14-12-10-8-6-4-2)36-61-49-48(59)46(57)44(55)40(65-49)37-62-50-47(58)45(56)43(54)39(34-51)64-50/h14,16,38-40,43-51,54-59H,3-13,15,17-37H2,1-2H3/b16-14+/t38-,39-,40-,43+,44+,45?,46?,47?,48?,49-,50-/m1/s1. The van der Waals surface area contributed by atoms with Gasteiger partial charge in [-0.15, -0.1) is 0 Å². The largest absolute Gasteiger partial charge is 0.462 e. The van der Waals surface area contributed by atoms with Crippen LogP contribution in [0.4, 0.5) is 0 Å². The zero-order chi connectivity index (χ0) is 47.5. The fraction of sp³-hybridized carbons (Fsp3) is 0.920. The second-order valence-corrected chi connectivity index (χ2v) is 18.4. The number of carbonyl (C=O) groups excluding carboxylic acids is 2. The van der Waals surface area contributed by atoms with Crippen molar-refractivity contribution in [2.24, 2.45) is 0 Å². The summed E-state index contributed by atoms with van der Waals surface area (Å²) in [5, 5.41) is 72.0. The molecule has 2 rings (SSSR count). The first-order valence-electron chi connectivity index (χ1n) is 25.8. The third kappa shape index (κ3) is 26.5. The number of hydrogen-bond donors (Lipinski definition) is 7. The lowest BCUT2D eigenvalue weighted by molar-refractivity contribution is -0.332. The second-order valence-electron chi connectivity index (χ2n) is 18.4. The Morgan fingerprint density at radius 3 is 1.37 bits per heavy atom. The predicted octanol–water partition coefficient (Wildman–Crippen LogP) is 6.99. The second kappa shape index (κ2) is 38.1. The van der Waals surface area contributed by atoms with Gasteiger partial charge in [0.15, 0.2) is 18.7 Å². The van der Waals surface area contributed by atoms with Crippen molar-refractivity contribution in [3.63, 3.8) is 0 Å². The molecule has 0 aliphatic carbocycles. The van der Waals surface area contributed by atoms with Crippen molar-refractivity contribution in [2.45, 2.75) is 268 Å². The first-order chi connectivity index (χ1) is 31.5. The molecule has 0 saturated carbocycles. The Morgan fingerprint density at radius 1 is 0.477 bits per heavy atom. The maximum absolute atomic E-state index is 13.0. The Morgan fingerprint density at radius 2 is 0.877 bits per heavy atom. The maximum Gasteiger partial charge on any atom is 0.306 e. The maximum atomic E-state index is 13.0. The van der Waals surface area contributed by atoms with Crippen LogP contribution in [0.25, 0.3) is 0 Å². The van der Waals surface area contributed by atoms with Crippen LogP contribution in [0.3, 0.4) is 0 Å². The van der Waals surface area contributed by atoms with Crippen LogP contribution in [-0.4, -0.2) is 142 Å². The number of aliphatic hydroxyl groups excluding tert-OH is 7. The molecule has 15 heteroatoms. The number of allylic oxidation sites excluding steroid dienone is 2. The van der Waals surface area contributed by atoms with Crippen LogP contribution >= 0.6 is 0 Å². The SMILES string of the molecule is CCCCCC/C=C/CCCCCCCC(=O)OC[C@H](CO[C@@H]1O[C@H](CO[C@@H]2O[C@H](CO)[C@H](O)C(O)C2O)[C@H](O)C(O)C1O)OC(=O)CCCCCCCCCCCCCCCCCC. The average molecular weight is 933 g/mol. The van der Waals surface area contributed by atoms with Gasteiger partial charge in [0.05, 0.1) is 19.8 Å². The Labute approximate surface area is 390 Å². The first kappa shape index (κ1) is 59.4. The molecule has 4 unspecified atom stereocenters. The molecular formula is C50H92O15. The van der Waals surface area contributed by atoms with E-state index in [0.29, 0.717) is 12.8 Å². The van der Waals surface area contributed by atoms with Crippen molar-refractivity contribution in [3.05, 3.63) is 12.2 Å². The summed E-state index contributed by atoms with van der Waals surface area (Å²) < 4.78 is 33.6. The number of carbonyl (C=O) groups is 2. The van der Waals surface area contributed by atoms with Crippen molar-refractivity contribution in [1.82, 2.24) is 0 Å². The molecule has 0 aromatic carbocycles. The van der Waals surface area contributed by atoms with E-state index in [0.717, 1.165) is 57.8 Å². The number of hydrogen-bond acceptors (Lipinski definition) is 15. The molecule has 7 N–H and O–H groups in total. The van der Waals surface area contributed by atoms with Crippen LogP contribution in [0.5, 0.6) is 0 Å². The van der Waals surface area contributed by atoms with Crippen LogP contribution in [-0.2, 0) is 38.0 Å². The molecule has 2 aliphatic rings. The molecule has 0 aromatic rings. The summed E-state index contributed by atoms with van der Waals surface area (Å²) in [6.07, 6.45) is 19.5. The Balaban J connectivity index is 1.81. The van der Waals surface area contributed by atoms with E-state index in [1.54, 1.807) is 0 Å². The van der Waals surface area contributed by atoms with Gasteiger partial charge in [-0.2, -0.15) is 0 Å². The number of esters is 2. The lowest BCUT2D eigenvalue weighted by Crippen LogP contribution is -2.61. The van der Waals surface area contributed by atoms with Crippen molar-refractivity contribution in [3.8, 4) is 0 Å². The lowest BCUT2D eigenvalue weighted by Gasteiger charge is -2.42. The Bertz CT molecular complexity index is 1190. The predicted molar refractivity (Wildman–Crippen MR) is 248 cm³/mol. The fourth-order valence-corrected chi connectivity index (χ4v) is 8.21. The zero-order valence-electron chi connectivity index (χ0n) is 40.2. The van der Waals surface area contributed by atoms with E-state index in [9.17, 15) is 45.3 Å². The lowest BCUT2D eigenvalue weighted by atomic mass is 9.98. The summed E-state index contributed by atoms with van der Waals surface area (Å²) in [6, 6.07) is 0. The molecule has 0 bridgehead atoms. The minimum atomic E-state index is -1.76. The zero-order valence-corrected chi connectivity index (χ0v) is 40.2. The summed E-state index contributed by atoms with van der Waals surface area (Å²) in [5.74, 6) is -0.925. The van der Waals surface area contributed by atoms with Gasteiger partial charge in [0.1, 0.15) is 55.4 Å². The summed E-state index contributed by atoms with van der Waals surface area (Å²) >= 11 is 0. The van der Waals surface area contributed by atoms with Gasteiger partial charge < -0.3 is 64.2 Å². The van der Waals surface area contributed by atoms with Gasteiger partial charge in [0.25, 0.3) is 0 Å². The highest BCUT2D eigenvalue weighted by Gasteiger charge is 2.47. The molecule has 2 fully saturated rings. The molecular weight excluding hydrogens is 841 g/mol. The Hall–Kier alpha value is -1.76. The molecule has 382 valence electrons. The highest BCUT2D eigenvalue weighted by Crippen LogP contribution is 2.26. The monoisotopic (exact) mass is 933 g/mol. The smallest absolute Gasteiger partial charge is 0.306 e. The molecule has 2 saturated heterocycles. The molecule has 65 heavy (non-hydrogen) atoms. The van der Waals surface area contributed by atoms with E-state index in [-0.39, 0.29) is 26.1 Å². The van der Waals surface area contributed by atoms with Gasteiger partial charge in [-0.25, -0.2) is 0 Å². The topological polar surface area (TPSA) is 231 Å². The van der Waals surface area contributed by atoms with Crippen LogP contribution in [0.15, 0.2) is 12.2 Å². The van der Waals surface area contributed by atoms with Gasteiger partial charge in [0.2, 0.25) is 0 Å². The van der Waals surface area contributed by atoms with Gasteiger partial charge in [-0.05, 0) is 38.5 Å². The van der Waals surface area contributed by atoms with Gasteiger partial charge in [0, 0.05) is 12.8 Å². The molecule has 15 nitrogen and oxygen atoms in total. The van der Waals surface area contributed by atoms with Gasteiger partial charge in [-0.3, -0.25) is 9.59 Å². The number of ether oxygens (including phenoxy) is 6. The van der Waals surface area contributed by atoms with Crippen LogP contribution in [0.2, 0.25) is 0 Å². The minimum absolute atomic E-state index is 0.169. The molecule has 0 amide bonds. The molecule has 11 atom stereocenters. The van der Waals surface area contributed by atoms with E-state index in [4.69, 9.17) is 28.4 Å². The summed E-state index contributed by atoms with van der Waals surface area (Å²) in [7, 11) is 0. The molecule has 2 heterocycles. The van der Waals surface area contributed by atoms with Gasteiger partial charge >= 0.3 is 11.9 Å². The normalized spacial score (nSPS) is 26.4. The Kier molecular flexibility index (Phi) is 34.8. The summed E-state index contributed by atoms with van der Waals surface area (Å²) in [4.78, 5) is 25.7. The van der Waals surface area contributed by atoms with E-state index < -0.39 is 92.7 Å². The van der Waals surface area contributed by atoms with E-state index in [2.05, 4.69) is 26.0 Å². The van der Waals surface area contributed by atoms with Crippen molar-refractivity contribution in [1.29, 1.82) is 0 Å². The highest BCUT2D eigenvalue weighted by atomic mass is 16.7. The molecule has 0 radical (unpaired) electrons. The van der Waals surface area contributed by atoms with Gasteiger partial charge in [-0.1, -0.05) is 161 Å². The van der Waals surface area contributed by atoms with Crippen LogP contribution in [0.1, 0.15) is 200 Å². The highest BCUT2D eigenvalue weighted by molar-refractivity contribution is 5.70. The summed E-state index contributed by atoms with van der Waals surface area (Å²) in [6.45, 7) is 2.58. The van der Waals surface area contributed by atoms with E-state index >= 15 is 0 Å². The number of unbranched alkanes of at least 4 members (excludes halogenated alkanes) is 24. The van der Waals surface area contributed by atoms with Crippen LogP contribution < -0.4 is 0 Å². The van der Waals surface area contributed by atoms with E-state index in [1.807, 2.05) is 0 Å². The average Bonchev–Trinajstić information content (AvgIpc) is 3.30. The fourth-order valence-electron chi connectivity index (χ4n) is 8.21. The quantitative estimate of drug-likeness (QED) is 0.0187. The first-order valence-corrected chi connectivity index (χ1v) is 25.8. The third-order valence-corrected chi connectivity index (χ3v) is 12.5. The number of aliphatic hydroxyl groups is 7. The molecule has 0 spiro atoms. The van der Waals surface area contributed by atoms with Crippen LogP contribution in [0, 0.1) is 0 Å². The van der Waals surface area contributed by atoms with Crippen molar-refractivity contribution in [2.75, 3.05) is 26.4 Å². The minimum Gasteiger partial charge on any atom is -0.462 e. The third-order valence-electron chi connectivity index (χ3n) is 12.5. The molecule has 0 aromatic heterocycles. The van der Waals surface area contributed by atoms with Crippen molar-refractivity contribution < 1.29 is 73.8 Å². The summed E-state index contributed by atoms with van der Waals surface area (Å²) in [5.41, 5.74) is 0.